The van der Waals surface area contributed by atoms with Gasteiger partial charge in [-0.05, 0) is 55.8 Å². The van der Waals surface area contributed by atoms with Gasteiger partial charge in [-0.15, -0.1) is 0 Å². The number of nitrogens with zero attached hydrogens (tertiary/aromatic N) is 4. The molecule has 9 nitrogen and oxygen atoms in total. The molecule has 2 aromatic rings. The molecule has 4 aliphatic heterocycles. The average molecular weight is 491 g/mol. The van der Waals surface area contributed by atoms with E-state index in [1.807, 2.05) is 24.8 Å². The lowest BCUT2D eigenvalue weighted by molar-refractivity contribution is 0.0748. The Balaban J connectivity index is 1.19. The summed E-state index contributed by atoms with van der Waals surface area (Å²) in [4.78, 5) is 24.8. The van der Waals surface area contributed by atoms with Crippen LogP contribution in [0.4, 0.5) is 11.4 Å². The van der Waals surface area contributed by atoms with Crippen LogP contribution in [0.25, 0.3) is 0 Å². The quantitative estimate of drug-likeness (QED) is 0.607. The first-order chi connectivity index (χ1) is 17.3. The van der Waals surface area contributed by atoms with E-state index in [4.69, 9.17) is 4.74 Å². The van der Waals surface area contributed by atoms with Crippen molar-refractivity contribution in [3.05, 3.63) is 52.6 Å². The van der Waals surface area contributed by atoms with Gasteiger partial charge < -0.3 is 30.0 Å². The predicted octanol–water partition coefficient (Wildman–Crippen LogP) is 2.87. The summed E-state index contributed by atoms with van der Waals surface area (Å²) < 4.78 is 5.77. The molecule has 0 aliphatic carbocycles. The van der Waals surface area contributed by atoms with Crippen molar-refractivity contribution in [3.63, 3.8) is 0 Å². The van der Waals surface area contributed by atoms with Crippen LogP contribution >= 0.6 is 0 Å². The minimum Gasteiger partial charge on any atom is -0.507 e. The summed E-state index contributed by atoms with van der Waals surface area (Å²) in [6.45, 7) is 9.90. The van der Waals surface area contributed by atoms with Crippen molar-refractivity contribution in [2.75, 3.05) is 50.2 Å². The van der Waals surface area contributed by atoms with Gasteiger partial charge in [0.1, 0.15) is 12.4 Å². The van der Waals surface area contributed by atoms with Crippen molar-refractivity contribution in [2.24, 2.45) is 4.99 Å². The maximum absolute atomic E-state index is 13.6. The van der Waals surface area contributed by atoms with Crippen molar-refractivity contribution < 1.29 is 14.6 Å². The molecule has 6 rings (SSSR count). The number of phenols is 1. The third-order valence-electron chi connectivity index (χ3n) is 7.62. The van der Waals surface area contributed by atoms with Crippen LogP contribution in [0.15, 0.2) is 35.3 Å². The Hall–Kier alpha value is -3.30. The van der Waals surface area contributed by atoms with E-state index in [0.29, 0.717) is 37.6 Å². The highest BCUT2D eigenvalue weighted by atomic mass is 16.5. The zero-order valence-electron chi connectivity index (χ0n) is 21.2. The van der Waals surface area contributed by atoms with E-state index in [1.54, 1.807) is 6.07 Å². The number of piperazine rings is 1. The maximum Gasteiger partial charge on any atom is 0.258 e. The number of hydrogen-bond acceptors (Lipinski definition) is 8. The summed E-state index contributed by atoms with van der Waals surface area (Å²) >= 11 is 0. The SMILES string of the molecule is CN1CCN(c2ccc3c(c2)CN(C(=O)c2cc4c(cc2O)NNC4CC2=NC(C)(C)CO2)C3)CC1. The number of anilines is 2. The highest BCUT2D eigenvalue weighted by molar-refractivity contribution is 5.98. The van der Waals surface area contributed by atoms with E-state index in [1.165, 1.54) is 16.8 Å². The molecule has 0 aromatic heterocycles. The van der Waals surface area contributed by atoms with Gasteiger partial charge in [-0.25, -0.2) is 10.4 Å². The number of rotatable bonds is 4. The average Bonchev–Trinajstić information content (AvgIpc) is 3.54. The summed E-state index contributed by atoms with van der Waals surface area (Å²) in [6, 6.07) is 9.88. The molecular weight excluding hydrogens is 456 g/mol. The molecule has 0 radical (unpaired) electrons. The van der Waals surface area contributed by atoms with Crippen LogP contribution in [0.2, 0.25) is 0 Å². The highest BCUT2D eigenvalue weighted by Gasteiger charge is 2.33. The van der Waals surface area contributed by atoms with Gasteiger partial charge in [-0.2, -0.15) is 0 Å². The van der Waals surface area contributed by atoms with Gasteiger partial charge in [0, 0.05) is 57.4 Å². The van der Waals surface area contributed by atoms with Crippen molar-refractivity contribution in [1.29, 1.82) is 0 Å². The van der Waals surface area contributed by atoms with Crippen LogP contribution in [0, 0.1) is 0 Å². The fourth-order valence-corrected chi connectivity index (χ4v) is 5.47. The highest BCUT2D eigenvalue weighted by Crippen LogP contribution is 2.38. The van der Waals surface area contributed by atoms with Gasteiger partial charge in [-0.3, -0.25) is 4.79 Å². The fourth-order valence-electron chi connectivity index (χ4n) is 5.47. The summed E-state index contributed by atoms with van der Waals surface area (Å²) in [5.41, 5.74) is 11.7. The molecule has 4 aliphatic rings. The summed E-state index contributed by atoms with van der Waals surface area (Å²) in [7, 11) is 2.16. The molecule has 1 amide bonds. The van der Waals surface area contributed by atoms with Crippen LogP contribution in [0.3, 0.4) is 0 Å². The van der Waals surface area contributed by atoms with Crippen LogP contribution in [-0.4, -0.2) is 72.1 Å². The first-order valence-corrected chi connectivity index (χ1v) is 12.7. The minimum atomic E-state index is -0.213. The largest absolute Gasteiger partial charge is 0.507 e. The molecule has 1 atom stereocenters. The number of carbonyl (C=O) groups is 1. The monoisotopic (exact) mass is 490 g/mol. The summed E-state index contributed by atoms with van der Waals surface area (Å²) in [6.07, 6.45) is 0.575. The number of fused-ring (bicyclic) bond motifs is 2. The molecule has 36 heavy (non-hydrogen) atoms. The number of hydrazine groups is 1. The summed E-state index contributed by atoms with van der Waals surface area (Å²) in [5, 5.41) is 10.7. The lowest BCUT2D eigenvalue weighted by Crippen LogP contribution is -2.44. The molecule has 0 bridgehead atoms. The maximum atomic E-state index is 13.6. The number of aromatic hydroxyl groups is 1. The number of nitrogens with one attached hydrogen (secondary N) is 2. The normalized spacial score (nSPS) is 22.6. The van der Waals surface area contributed by atoms with Gasteiger partial charge in [-0.1, -0.05) is 6.07 Å². The summed E-state index contributed by atoms with van der Waals surface area (Å²) in [5.74, 6) is 0.534. The van der Waals surface area contributed by atoms with Crippen LogP contribution < -0.4 is 15.8 Å². The molecule has 1 unspecified atom stereocenters. The predicted molar refractivity (Wildman–Crippen MR) is 139 cm³/mol. The second kappa shape index (κ2) is 8.67. The molecule has 0 spiro atoms. The third kappa shape index (κ3) is 4.26. The Kier molecular flexibility index (Phi) is 5.57. The lowest BCUT2D eigenvalue weighted by atomic mass is 9.99. The van der Waals surface area contributed by atoms with E-state index in [9.17, 15) is 9.90 Å². The fraction of sp³-hybridized carbons (Fsp3) is 0.481. The van der Waals surface area contributed by atoms with Gasteiger partial charge in [0.2, 0.25) is 0 Å². The van der Waals surface area contributed by atoms with E-state index >= 15 is 0 Å². The topological polar surface area (TPSA) is 92.7 Å². The zero-order valence-corrected chi connectivity index (χ0v) is 21.2. The molecule has 9 heteroatoms. The van der Waals surface area contributed by atoms with Crippen LogP contribution in [0.1, 0.15) is 53.4 Å². The Morgan fingerprint density at radius 3 is 2.67 bits per heavy atom. The van der Waals surface area contributed by atoms with Crippen LogP contribution in [0.5, 0.6) is 5.75 Å². The van der Waals surface area contributed by atoms with E-state index < -0.39 is 0 Å². The Morgan fingerprint density at radius 1 is 1.14 bits per heavy atom. The van der Waals surface area contributed by atoms with Gasteiger partial charge in [0.05, 0.1) is 22.8 Å². The molecule has 0 saturated carbocycles. The van der Waals surface area contributed by atoms with Gasteiger partial charge >= 0.3 is 0 Å². The lowest BCUT2D eigenvalue weighted by Gasteiger charge is -2.34. The van der Waals surface area contributed by atoms with Crippen molar-refractivity contribution in [2.45, 2.75) is 44.9 Å². The molecule has 2 aromatic carbocycles. The number of phenolic OH excluding ortho intramolecular Hbond substituents is 1. The number of aliphatic imine (C=N–C) groups is 1. The molecular formula is C27H34N6O3. The number of hydrogen-bond donors (Lipinski definition) is 3. The number of benzene rings is 2. The van der Waals surface area contributed by atoms with Crippen LogP contribution in [-0.2, 0) is 17.8 Å². The molecule has 1 fully saturated rings. The zero-order chi connectivity index (χ0) is 25.0. The minimum absolute atomic E-state index is 0.0154. The van der Waals surface area contributed by atoms with Crippen molar-refractivity contribution >= 4 is 23.2 Å². The van der Waals surface area contributed by atoms with Crippen molar-refractivity contribution in [3.8, 4) is 5.75 Å². The Labute approximate surface area is 211 Å². The van der Waals surface area contributed by atoms with Gasteiger partial charge in [0.25, 0.3) is 5.91 Å². The van der Waals surface area contributed by atoms with E-state index in [0.717, 1.165) is 37.4 Å². The molecule has 190 valence electrons. The van der Waals surface area contributed by atoms with E-state index in [2.05, 4.69) is 50.9 Å². The number of amides is 1. The number of likely N-dealkylation sites (N-methyl/N-ethyl adjacent to an activating group) is 1. The first-order valence-electron chi connectivity index (χ1n) is 12.7. The Morgan fingerprint density at radius 2 is 1.92 bits per heavy atom. The molecule has 1 saturated heterocycles. The number of ether oxygens (including phenoxy) is 1. The Bertz CT molecular complexity index is 1230. The smallest absolute Gasteiger partial charge is 0.258 e. The van der Waals surface area contributed by atoms with Gasteiger partial charge in [0.15, 0.2) is 5.90 Å². The van der Waals surface area contributed by atoms with E-state index in [-0.39, 0.29) is 23.2 Å². The second-order valence-corrected chi connectivity index (χ2v) is 11.0. The third-order valence-corrected chi connectivity index (χ3v) is 7.62. The van der Waals surface area contributed by atoms with Crippen molar-refractivity contribution in [1.82, 2.24) is 15.2 Å². The standard InChI is InChI=1S/C27H34N6O3/c1-27(2)16-36-25(28-27)13-23-20-11-21(24(34)12-22(20)29-30-23)26(35)33-14-17-4-5-19(10-18(17)15-33)32-8-6-31(3)7-9-32/h4-5,10-12,23,29-30,34H,6-9,13-16H2,1-3H3. The molecule has 3 N–H and O–H groups in total. The first kappa shape index (κ1) is 23.1. The molecule has 4 heterocycles. The second-order valence-electron chi connectivity index (χ2n) is 11.0. The number of carbonyl (C=O) groups excluding carboxylic acids is 1.